The molecule has 1 saturated carbocycles. The Hall–Kier alpha value is -2.11. The van der Waals surface area contributed by atoms with Crippen LogP contribution in [0.1, 0.15) is 12.8 Å². The fourth-order valence-corrected chi connectivity index (χ4v) is 2.45. The van der Waals surface area contributed by atoms with Gasteiger partial charge < -0.3 is 14.2 Å². The predicted molar refractivity (Wildman–Crippen MR) is 69.5 cm³/mol. The van der Waals surface area contributed by atoms with E-state index in [1.807, 2.05) is 0 Å². The Kier molecular flexibility index (Phi) is 5.07. The van der Waals surface area contributed by atoms with Crippen LogP contribution in [0.2, 0.25) is 0 Å². The van der Waals surface area contributed by atoms with Crippen LogP contribution in [-0.4, -0.2) is 39.2 Å². The lowest BCUT2D eigenvalue weighted by Crippen LogP contribution is -2.39. The van der Waals surface area contributed by atoms with Gasteiger partial charge in [0.25, 0.3) is 0 Å². The number of carbonyl (C=O) groups is 3. The van der Waals surface area contributed by atoms with E-state index < -0.39 is 23.3 Å². The van der Waals surface area contributed by atoms with Crippen LogP contribution in [0.5, 0.6) is 0 Å². The van der Waals surface area contributed by atoms with Crippen LogP contribution in [0, 0.1) is 11.3 Å². The van der Waals surface area contributed by atoms with Crippen LogP contribution >= 0.6 is 0 Å². The first-order valence-electron chi connectivity index (χ1n) is 6.03. The lowest BCUT2D eigenvalue weighted by Gasteiger charge is -2.22. The molecule has 0 aromatic rings. The largest absolute Gasteiger partial charge is 0.468 e. The number of esters is 3. The monoisotopic (exact) mass is 282 g/mol. The van der Waals surface area contributed by atoms with Crippen LogP contribution in [0.4, 0.5) is 0 Å². The maximum Gasteiger partial charge on any atom is 0.330 e. The summed E-state index contributed by atoms with van der Waals surface area (Å²) in [4.78, 5) is 35.3. The van der Waals surface area contributed by atoms with Crippen molar-refractivity contribution in [1.82, 2.24) is 0 Å². The van der Waals surface area contributed by atoms with Gasteiger partial charge in [-0.3, -0.25) is 9.59 Å². The molecular formula is C14H18O6. The zero-order valence-electron chi connectivity index (χ0n) is 11.8. The number of allylic oxidation sites excluding steroid dienone is 2. The van der Waals surface area contributed by atoms with Crippen molar-refractivity contribution in [3.63, 3.8) is 0 Å². The van der Waals surface area contributed by atoms with Crippen molar-refractivity contribution in [2.45, 2.75) is 12.8 Å². The Morgan fingerprint density at radius 2 is 1.70 bits per heavy atom. The van der Waals surface area contributed by atoms with E-state index in [4.69, 9.17) is 9.47 Å². The Labute approximate surface area is 117 Å². The highest BCUT2D eigenvalue weighted by Gasteiger charge is 2.55. The highest BCUT2D eigenvalue weighted by molar-refractivity contribution is 6.01. The van der Waals surface area contributed by atoms with Crippen LogP contribution in [0.25, 0.3) is 0 Å². The third kappa shape index (κ3) is 2.74. The minimum atomic E-state index is -1.43. The molecule has 1 rings (SSSR count). The normalized spacial score (nSPS) is 22.1. The summed E-state index contributed by atoms with van der Waals surface area (Å²) in [6.45, 7) is 3.66. The van der Waals surface area contributed by atoms with Crippen molar-refractivity contribution in [1.29, 1.82) is 0 Å². The first-order chi connectivity index (χ1) is 9.44. The zero-order chi connectivity index (χ0) is 15.3. The van der Waals surface area contributed by atoms with E-state index >= 15 is 0 Å². The molecule has 0 saturated heterocycles. The Morgan fingerprint density at radius 3 is 2.10 bits per heavy atom. The maximum atomic E-state index is 12.0. The van der Waals surface area contributed by atoms with Crippen LogP contribution in [-0.2, 0) is 28.6 Å². The molecule has 0 amide bonds. The highest BCUT2D eigenvalue weighted by atomic mass is 16.5. The number of hydrogen-bond acceptors (Lipinski definition) is 6. The van der Waals surface area contributed by atoms with Gasteiger partial charge in [-0.2, -0.15) is 0 Å². The molecule has 1 fully saturated rings. The van der Waals surface area contributed by atoms with E-state index in [-0.39, 0.29) is 18.8 Å². The van der Waals surface area contributed by atoms with Crippen molar-refractivity contribution in [3.8, 4) is 0 Å². The summed E-state index contributed by atoms with van der Waals surface area (Å²) in [6, 6.07) is 0. The Bertz CT molecular complexity index is 446. The third-order valence-electron chi connectivity index (χ3n) is 3.49. The molecule has 0 bridgehead atoms. The number of methoxy groups -OCH3 is 3. The van der Waals surface area contributed by atoms with Crippen LogP contribution < -0.4 is 0 Å². The van der Waals surface area contributed by atoms with Gasteiger partial charge in [0, 0.05) is 6.08 Å². The Morgan fingerprint density at radius 1 is 1.15 bits per heavy atom. The molecule has 1 atom stereocenters. The second-order valence-corrected chi connectivity index (χ2v) is 4.53. The first kappa shape index (κ1) is 15.9. The van der Waals surface area contributed by atoms with Gasteiger partial charge in [-0.15, -0.1) is 6.58 Å². The fraction of sp³-hybridized carbons (Fsp3) is 0.500. The molecule has 0 aliphatic heterocycles. The van der Waals surface area contributed by atoms with Crippen LogP contribution in [0.15, 0.2) is 24.3 Å². The summed E-state index contributed by atoms with van der Waals surface area (Å²) < 4.78 is 14.0. The second-order valence-electron chi connectivity index (χ2n) is 4.53. The van der Waals surface area contributed by atoms with Crippen LogP contribution in [0.3, 0.4) is 0 Å². The molecule has 110 valence electrons. The summed E-state index contributed by atoms with van der Waals surface area (Å²) >= 11 is 0. The van der Waals surface area contributed by atoms with Gasteiger partial charge in [0.15, 0.2) is 5.41 Å². The highest BCUT2D eigenvalue weighted by Crippen LogP contribution is 2.47. The van der Waals surface area contributed by atoms with Gasteiger partial charge in [0.05, 0.1) is 21.3 Å². The molecule has 0 N–H and O–H groups in total. The zero-order valence-corrected chi connectivity index (χ0v) is 11.8. The standard InChI is InChI=1S/C14H18O6/c1-5-9-7-14(12(16)19-3,13(17)20-4)8-10(9)6-11(15)18-2/h5-6,9H,1,7-8H2,2-4H3/b10-6-. The van der Waals surface area contributed by atoms with Gasteiger partial charge in [0.1, 0.15) is 0 Å². The molecule has 6 heteroatoms. The van der Waals surface area contributed by atoms with Crippen molar-refractivity contribution in [3.05, 3.63) is 24.3 Å². The SMILES string of the molecule is C=CC1CC(C(=O)OC)(C(=O)OC)C/C1=C/C(=O)OC. The van der Waals surface area contributed by atoms with Crippen molar-refractivity contribution < 1.29 is 28.6 Å². The minimum Gasteiger partial charge on any atom is -0.468 e. The smallest absolute Gasteiger partial charge is 0.330 e. The molecule has 20 heavy (non-hydrogen) atoms. The molecule has 1 unspecified atom stereocenters. The third-order valence-corrected chi connectivity index (χ3v) is 3.49. The molecule has 1 aliphatic carbocycles. The van der Waals surface area contributed by atoms with Gasteiger partial charge in [-0.25, -0.2) is 4.79 Å². The summed E-state index contributed by atoms with van der Waals surface area (Å²) in [5, 5.41) is 0. The van der Waals surface area contributed by atoms with Crippen molar-refractivity contribution in [2.75, 3.05) is 21.3 Å². The first-order valence-corrected chi connectivity index (χ1v) is 6.03. The van der Waals surface area contributed by atoms with E-state index in [1.54, 1.807) is 6.08 Å². The number of hydrogen-bond donors (Lipinski definition) is 0. The summed E-state index contributed by atoms with van der Waals surface area (Å²) in [6.07, 6.45) is 3.08. The lowest BCUT2D eigenvalue weighted by atomic mass is 9.85. The van der Waals surface area contributed by atoms with Gasteiger partial charge in [-0.05, 0) is 18.8 Å². The maximum absolute atomic E-state index is 12.0. The number of carbonyl (C=O) groups excluding carboxylic acids is 3. The van der Waals surface area contributed by atoms with E-state index in [0.29, 0.717) is 5.57 Å². The van der Waals surface area contributed by atoms with E-state index in [1.165, 1.54) is 27.4 Å². The minimum absolute atomic E-state index is 0.0537. The predicted octanol–water partition coefficient (Wildman–Crippen LogP) is 1.01. The fourth-order valence-electron chi connectivity index (χ4n) is 2.45. The quantitative estimate of drug-likeness (QED) is 0.252. The topological polar surface area (TPSA) is 78.9 Å². The lowest BCUT2D eigenvalue weighted by molar-refractivity contribution is -0.168. The van der Waals surface area contributed by atoms with Gasteiger partial charge in [-0.1, -0.05) is 11.6 Å². The number of ether oxygens (including phenoxy) is 3. The Balaban J connectivity index is 3.22. The van der Waals surface area contributed by atoms with E-state index in [2.05, 4.69) is 11.3 Å². The van der Waals surface area contributed by atoms with Gasteiger partial charge in [0.2, 0.25) is 0 Å². The van der Waals surface area contributed by atoms with E-state index in [0.717, 1.165) is 0 Å². The molecule has 1 aliphatic rings. The molecule has 0 aromatic heterocycles. The second kappa shape index (κ2) is 6.36. The van der Waals surface area contributed by atoms with Crippen molar-refractivity contribution in [2.24, 2.45) is 11.3 Å². The summed E-state index contributed by atoms with van der Waals surface area (Å²) in [7, 11) is 3.67. The average molecular weight is 282 g/mol. The van der Waals surface area contributed by atoms with E-state index in [9.17, 15) is 14.4 Å². The molecular weight excluding hydrogens is 264 g/mol. The molecule has 6 nitrogen and oxygen atoms in total. The summed E-state index contributed by atoms with van der Waals surface area (Å²) in [5.41, 5.74) is -0.829. The molecule has 0 heterocycles. The number of rotatable bonds is 4. The molecule has 0 aromatic carbocycles. The average Bonchev–Trinajstić information content (AvgIpc) is 2.84. The molecule has 0 radical (unpaired) electrons. The summed E-state index contributed by atoms with van der Waals surface area (Å²) in [5.74, 6) is -2.18. The van der Waals surface area contributed by atoms with Gasteiger partial charge >= 0.3 is 17.9 Å². The van der Waals surface area contributed by atoms with Crippen molar-refractivity contribution >= 4 is 17.9 Å². The molecule has 0 spiro atoms.